The SMILES string of the molecule is N[C@@H]1CCCC[C@H]1C(=O)N1CCC(CC(=O)Nc2cc(C(F)(F)F)cc(C(F)(F)F)c2)C1. The van der Waals surface area contributed by atoms with Crippen molar-refractivity contribution in [3.05, 3.63) is 29.3 Å². The second kappa shape index (κ2) is 9.29. The van der Waals surface area contributed by atoms with E-state index in [0.29, 0.717) is 31.6 Å². The summed E-state index contributed by atoms with van der Waals surface area (Å²) in [6, 6.07) is 0.762. The molecule has 1 heterocycles. The first-order chi connectivity index (χ1) is 14.8. The van der Waals surface area contributed by atoms with Crippen LogP contribution in [0.1, 0.15) is 49.7 Å². The summed E-state index contributed by atoms with van der Waals surface area (Å²) in [4.78, 5) is 26.7. The molecule has 1 aromatic carbocycles. The van der Waals surface area contributed by atoms with E-state index in [1.165, 1.54) is 0 Å². The Labute approximate surface area is 181 Å². The number of benzene rings is 1. The third kappa shape index (κ3) is 5.93. The highest BCUT2D eigenvalue weighted by Crippen LogP contribution is 2.37. The fourth-order valence-electron chi connectivity index (χ4n) is 4.40. The molecule has 0 radical (unpaired) electrons. The van der Waals surface area contributed by atoms with Crippen molar-refractivity contribution in [2.45, 2.75) is 56.9 Å². The molecule has 0 bridgehead atoms. The number of hydrogen-bond acceptors (Lipinski definition) is 3. The van der Waals surface area contributed by atoms with Gasteiger partial charge in [0.1, 0.15) is 0 Å². The highest BCUT2D eigenvalue weighted by atomic mass is 19.4. The summed E-state index contributed by atoms with van der Waals surface area (Å²) in [5.74, 6) is -1.23. The number of likely N-dealkylation sites (tertiary alicyclic amines) is 1. The first kappa shape index (κ1) is 24.3. The third-order valence-electron chi connectivity index (χ3n) is 6.08. The molecule has 1 unspecified atom stereocenters. The molecule has 11 heteroatoms. The number of anilines is 1. The van der Waals surface area contributed by atoms with Crippen LogP contribution in [0.4, 0.5) is 32.0 Å². The molecule has 1 aliphatic heterocycles. The van der Waals surface area contributed by atoms with Crippen LogP contribution in [0.5, 0.6) is 0 Å². The quantitative estimate of drug-likeness (QED) is 0.647. The minimum atomic E-state index is -4.99. The number of alkyl halides is 6. The van der Waals surface area contributed by atoms with Crippen LogP contribution in [0.2, 0.25) is 0 Å². The maximum atomic E-state index is 13.0. The van der Waals surface area contributed by atoms with Gasteiger partial charge in [0.2, 0.25) is 11.8 Å². The van der Waals surface area contributed by atoms with E-state index in [2.05, 4.69) is 5.32 Å². The van der Waals surface area contributed by atoms with Gasteiger partial charge in [-0.15, -0.1) is 0 Å². The standard InChI is InChI=1S/C21H25F6N3O2/c22-20(23,24)13-8-14(21(25,26)27)10-15(9-13)29-18(31)7-12-5-6-30(11-12)19(32)16-3-1-2-4-17(16)28/h8-10,12,16-17H,1-7,11,28H2,(H,29,31)/t12?,16-,17-/m1/s1. The largest absolute Gasteiger partial charge is 0.416 e. The van der Waals surface area contributed by atoms with E-state index in [1.807, 2.05) is 0 Å². The maximum absolute atomic E-state index is 13.0. The van der Waals surface area contributed by atoms with Crippen LogP contribution in [0, 0.1) is 11.8 Å². The van der Waals surface area contributed by atoms with Crippen molar-refractivity contribution in [1.29, 1.82) is 0 Å². The van der Waals surface area contributed by atoms with E-state index in [4.69, 9.17) is 5.73 Å². The molecule has 3 atom stereocenters. The predicted octanol–water partition coefficient (Wildman–Crippen LogP) is 4.42. The topological polar surface area (TPSA) is 75.4 Å². The van der Waals surface area contributed by atoms with E-state index < -0.39 is 35.1 Å². The number of nitrogens with zero attached hydrogens (tertiary/aromatic N) is 1. The zero-order valence-corrected chi connectivity index (χ0v) is 17.2. The number of hydrogen-bond donors (Lipinski definition) is 2. The zero-order chi connectivity index (χ0) is 23.7. The van der Waals surface area contributed by atoms with E-state index in [0.717, 1.165) is 25.7 Å². The van der Waals surface area contributed by atoms with E-state index >= 15 is 0 Å². The van der Waals surface area contributed by atoms with E-state index in [-0.39, 0.29) is 36.3 Å². The Hall–Kier alpha value is -2.30. The Kier molecular flexibility index (Phi) is 7.06. The number of halogens is 6. The highest BCUT2D eigenvalue weighted by Gasteiger charge is 2.38. The Morgan fingerprint density at radius 1 is 0.969 bits per heavy atom. The summed E-state index contributed by atoms with van der Waals surface area (Å²) in [6.45, 7) is 0.758. The summed E-state index contributed by atoms with van der Waals surface area (Å²) in [7, 11) is 0. The molecular weight excluding hydrogens is 440 g/mol. The Bertz CT molecular complexity index is 823. The van der Waals surface area contributed by atoms with Gasteiger partial charge in [-0.3, -0.25) is 9.59 Å². The first-order valence-corrected chi connectivity index (χ1v) is 10.5. The van der Waals surface area contributed by atoms with Gasteiger partial charge < -0.3 is 16.0 Å². The average molecular weight is 465 g/mol. The Morgan fingerprint density at radius 2 is 1.56 bits per heavy atom. The summed E-state index contributed by atoms with van der Waals surface area (Å²) in [6.07, 6.45) is -6.15. The minimum Gasteiger partial charge on any atom is -0.342 e. The van der Waals surface area contributed by atoms with Gasteiger partial charge in [0.25, 0.3) is 0 Å². The van der Waals surface area contributed by atoms with Gasteiger partial charge >= 0.3 is 12.4 Å². The molecule has 32 heavy (non-hydrogen) atoms. The Morgan fingerprint density at radius 3 is 2.12 bits per heavy atom. The monoisotopic (exact) mass is 465 g/mol. The molecule has 1 saturated carbocycles. The zero-order valence-electron chi connectivity index (χ0n) is 17.2. The van der Waals surface area contributed by atoms with Crippen LogP contribution in [0.3, 0.4) is 0 Å². The fraction of sp³-hybridized carbons (Fsp3) is 0.619. The highest BCUT2D eigenvalue weighted by molar-refractivity contribution is 5.91. The van der Waals surface area contributed by atoms with Crippen LogP contribution in [0.25, 0.3) is 0 Å². The predicted molar refractivity (Wildman–Crippen MR) is 104 cm³/mol. The molecule has 178 valence electrons. The van der Waals surface area contributed by atoms with Gasteiger partial charge in [0.05, 0.1) is 17.0 Å². The van der Waals surface area contributed by atoms with Crippen LogP contribution in [-0.2, 0) is 21.9 Å². The van der Waals surface area contributed by atoms with Crippen LogP contribution in [-0.4, -0.2) is 35.8 Å². The van der Waals surface area contributed by atoms with E-state index in [1.54, 1.807) is 4.90 Å². The second-order valence-electron chi connectivity index (χ2n) is 8.54. The van der Waals surface area contributed by atoms with Gasteiger partial charge in [0.15, 0.2) is 0 Å². The van der Waals surface area contributed by atoms with Crippen molar-refractivity contribution < 1.29 is 35.9 Å². The molecule has 1 aliphatic carbocycles. The van der Waals surface area contributed by atoms with Crippen molar-refractivity contribution in [2.24, 2.45) is 17.6 Å². The summed E-state index contributed by atoms with van der Waals surface area (Å²) >= 11 is 0. The van der Waals surface area contributed by atoms with Crippen molar-refractivity contribution in [2.75, 3.05) is 18.4 Å². The lowest BCUT2D eigenvalue weighted by Crippen LogP contribution is -2.45. The molecule has 1 saturated heterocycles. The number of nitrogens with one attached hydrogen (secondary N) is 1. The molecule has 2 amide bonds. The molecule has 3 rings (SSSR count). The average Bonchev–Trinajstić information content (AvgIpc) is 3.14. The third-order valence-corrected chi connectivity index (χ3v) is 6.08. The smallest absolute Gasteiger partial charge is 0.342 e. The normalized spacial score (nSPS) is 24.5. The van der Waals surface area contributed by atoms with Gasteiger partial charge in [0, 0.05) is 31.2 Å². The van der Waals surface area contributed by atoms with Crippen LogP contribution in [0.15, 0.2) is 18.2 Å². The minimum absolute atomic E-state index is 0.00604. The molecular formula is C21H25F6N3O2. The summed E-state index contributed by atoms with van der Waals surface area (Å²) in [5, 5.41) is 2.15. The number of amides is 2. The molecule has 0 spiro atoms. The van der Waals surface area contributed by atoms with Gasteiger partial charge in [-0.05, 0) is 43.4 Å². The summed E-state index contributed by atoms with van der Waals surface area (Å²) < 4.78 is 77.8. The number of nitrogens with two attached hydrogens (primary N) is 1. The van der Waals surface area contributed by atoms with Crippen LogP contribution >= 0.6 is 0 Å². The maximum Gasteiger partial charge on any atom is 0.416 e. The first-order valence-electron chi connectivity index (χ1n) is 10.5. The molecule has 3 N–H and O–H groups in total. The van der Waals surface area contributed by atoms with Crippen molar-refractivity contribution >= 4 is 17.5 Å². The van der Waals surface area contributed by atoms with Crippen molar-refractivity contribution in [3.63, 3.8) is 0 Å². The Balaban J connectivity index is 1.62. The van der Waals surface area contributed by atoms with Crippen LogP contribution < -0.4 is 11.1 Å². The lowest BCUT2D eigenvalue weighted by atomic mass is 9.84. The lowest BCUT2D eigenvalue weighted by Gasteiger charge is -2.31. The van der Waals surface area contributed by atoms with Gasteiger partial charge in [-0.1, -0.05) is 12.8 Å². The number of carbonyl (C=O) groups is 2. The molecule has 1 aromatic rings. The van der Waals surface area contributed by atoms with Gasteiger partial charge in [-0.2, -0.15) is 26.3 Å². The van der Waals surface area contributed by atoms with Gasteiger partial charge in [-0.25, -0.2) is 0 Å². The fourth-order valence-corrected chi connectivity index (χ4v) is 4.40. The molecule has 2 fully saturated rings. The molecule has 0 aromatic heterocycles. The molecule has 2 aliphatic rings. The molecule has 5 nitrogen and oxygen atoms in total. The van der Waals surface area contributed by atoms with Crippen molar-refractivity contribution in [3.8, 4) is 0 Å². The lowest BCUT2D eigenvalue weighted by molar-refractivity contribution is -0.143. The number of carbonyl (C=O) groups excluding carboxylic acids is 2. The summed E-state index contributed by atoms with van der Waals surface area (Å²) in [5.41, 5.74) is 2.50. The number of rotatable bonds is 4. The van der Waals surface area contributed by atoms with Crippen molar-refractivity contribution in [1.82, 2.24) is 4.90 Å². The van der Waals surface area contributed by atoms with E-state index in [9.17, 15) is 35.9 Å². The second-order valence-corrected chi connectivity index (χ2v) is 8.54.